The van der Waals surface area contributed by atoms with Gasteiger partial charge in [-0.3, -0.25) is 9.67 Å². The zero-order chi connectivity index (χ0) is 20.9. The molecule has 0 saturated carbocycles. The fraction of sp³-hybridized carbons (Fsp3) is 0.318. The van der Waals surface area contributed by atoms with Crippen molar-refractivity contribution < 1.29 is 9.13 Å². The molecule has 3 aromatic rings. The van der Waals surface area contributed by atoms with Crippen molar-refractivity contribution in [1.29, 1.82) is 0 Å². The molecule has 4 rings (SSSR count). The van der Waals surface area contributed by atoms with Crippen molar-refractivity contribution in [2.75, 3.05) is 20.1 Å². The molecule has 30 heavy (non-hydrogen) atoms. The fourth-order valence-electron chi connectivity index (χ4n) is 3.63. The van der Waals surface area contributed by atoms with Gasteiger partial charge < -0.3 is 15.0 Å². The second-order valence-electron chi connectivity index (χ2n) is 7.34. The number of hydrogen-bond donors (Lipinski definition) is 1. The Kier molecular flexibility index (Phi) is 5.92. The van der Waals surface area contributed by atoms with E-state index in [0.29, 0.717) is 24.1 Å². The van der Waals surface area contributed by atoms with E-state index in [9.17, 15) is 4.39 Å². The molecule has 0 spiro atoms. The number of nitrogens with zero attached hydrogens (tertiary/aromatic N) is 5. The van der Waals surface area contributed by atoms with Crippen LogP contribution in [-0.4, -0.2) is 45.8 Å². The molecule has 0 aliphatic carbocycles. The minimum atomic E-state index is -0.299. The molecule has 1 unspecified atom stereocenters. The van der Waals surface area contributed by atoms with Gasteiger partial charge in [-0.1, -0.05) is 0 Å². The molecule has 7 nitrogen and oxygen atoms in total. The first-order valence-electron chi connectivity index (χ1n) is 9.93. The van der Waals surface area contributed by atoms with E-state index in [1.165, 1.54) is 17.7 Å². The number of guanidine groups is 1. The number of likely N-dealkylation sites (tertiary alicyclic amines) is 1. The van der Waals surface area contributed by atoms with Gasteiger partial charge >= 0.3 is 0 Å². The van der Waals surface area contributed by atoms with E-state index in [2.05, 4.69) is 31.5 Å². The molecule has 3 heterocycles. The third kappa shape index (κ3) is 4.76. The number of pyridine rings is 1. The third-order valence-corrected chi connectivity index (χ3v) is 5.18. The quantitative estimate of drug-likeness (QED) is 0.518. The van der Waals surface area contributed by atoms with Gasteiger partial charge in [0.2, 0.25) is 5.88 Å². The second kappa shape index (κ2) is 8.94. The number of rotatable bonds is 5. The van der Waals surface area contributed by atoms with Crippen LogP contribution < -0.4 is 10.1 Å². The highest BCUT2D eigenvalue weighted by Gasteiger charge is 2.26. The van der Waals surface area contributed by atoms with Crippen LogP contribution in [0.25, 0.3) is 0 Å². The second-order valence-corrected chi connectivity index (χ2v) is 7.34. The molecule has 8 heteroatoms. The lowest BCUT2D eigenvalue weighted by Crippen LogP contribution is -2.39. The Morgan fingerprint density at radius 3 is 2.87 bits per heavy atom. The van der Waals surface area contributed by atoms with Crippen LogP contribution in [-0.2, 0) is 13.6 Å². The Morgan fingerprint density at radius 2 is 2.13 bits per heavy atom. The number of benzene rings is 1. The summed E-state index contributed by atoms with van der Waals surface area (Å²) in [6, 6.07) is 9.68. The summed E-state index contributed by atoms with van der Waals surface area (Å²) < 4.78 is 20.6. The van der Waals surface area contributed by atoms with Crippen LogP contribution in [0.3, 0.4) is 0 Å². The lowest BCUT2D eigenvalue weighted by Gasteiger charge is -2.21. The molecule has 0 bridgehead atoms. The number of aryl methyl sites for hydroxylation is 1. The minimum absolute atomic E-state index is 0.299. The minimum Gasteiger partial charge on any atom is -0.439 e. The Morgan fingerprint density at radius 1 is 1.30 bits per heavy atom. The number of aliphatic imine (C=N–C) groups is 1. The van der Waals surface area contributed by atoms with E-state index < -0.39 is 0 Å². The largest absolute Gasteiger partial charge is 0.439 e. The molecular weight excluding hydrogens is 383 g/mol. The van der Waals surface area contributed by atoms with Crippen LogP contribution in [0, 0.1) is 5.82 Å². The molecule has 1 aliphatic rings. The van der Waals surface area contributed by atoms with Gasteiger partial charge in [0.05, 0.1) is 6.20 Å². The van der Waals surface area contributed by atoms with Crippen LogP contribution in [0.4, 0.5) is 4.39 Å². The molecule has 1 aliphatic heterocycles. The van der Waals surface area contributed by atoms with Gasteiger partial charge in [-0.25, -0.2) is 9.37 Å². The van der Waals surface area contributed by atoms with Gasteiger partial charge in [-0.2, -0.15) is 5.10 Å². The molecule has 1 saturated heterocycles. The summed E-state index contributed by atoms with van der Waals surface area (Å²) in [6.45, 7) is 2.47. The fourth-order valence-corrected chi connectivity index (χ4v) is 3.63. The molecule has 0 radical (unpaired) electrons. The number of aromatic nitrogens is 3. The average molecular weight is 408 g/mol. The summed E-state index contributed by atoms with van der Waals surface area (Å²) in [5.41, 5.74) is 2.29. The molecule has 1 aromatic carbocycles. The van der Waals surface area contributed by atoms with Gasteiger partial charge in [-0.15, -0.1) is 0 Å². The predicted octanol–water partition coefficient (Wildman–Crippen LogP) is 3.31. The standard InChI is InChI=1S/C22H25FN6O/c1-24-22(29-10-8-17(15-29)18-13-27-28(2)14-18)26-12-16-7-9-25-21(11-16)30-20-5-3-19(23)4-6-20/h3-7,9,11,13-14,17H,8,10,12,15H2,1-2H3,(H,24,26). The summed E-state index contributed by atoms with van der Waals surface area (Å²) in [5, 5.41) is 7.71. The first kappa shape index (κ1) is 19.9. The third-order valence-electron chi connectivity index (χ3n) is 5.18. The Bertz CT molecular complexity index is 1020. The molecule has 1 N–H and O–H groups in total. The number of halogens is 1. The lowest BCUT2D eigenvalue weighted by atomic mass is 10.0. The summed E-state index contributed by atoms with van der Waals surface area (Å²) in [7, 11) is 3.74. The van der Waals surface area contributed by atoms with E-state index in [1.807, 2.05) is 30.1 Å². The van der Waals surface area contributed by atoms with Crippen molar-refractivity contribution in [3.63, 3.8) is 0 Å². The van der Waals surface area contributed by atoms with E-state index >= 15 is 0 Å². The number of ether oxygens (including phenoxy) is 1. The van der Waals surface area contributed by atoms with Crippen LogP contribution in [0.1, 0.15) is 23.5 Å². The maximum absolute atomic E-state index is 13.1. The van der Waals surface area contributed by atoms with Crippen molar-refractivity contribution in [3.05, 3.63) is 71.9 Å². The molecular formula is C22H25FN6O. The highest BCUT2D eigenvalue weighted by molar-refractivity contribution is 5.80. The first-order valence-corrected chi connectivity index (χ1v) is 9.93. The van der Waals surface area contributed by atoms with Gasteiger partial charge in [-0.05, 0) is 47.9 Å². The maximum atomic E-state index is 13.1. The van der Waals surface area contributed by atoms with Gasteiger partial charge in [0.15, 0.2) is 5.96 Å². The Hall–Kier alpha value is -3.42. The highest BCUT2D eigenvalue weighted by atomic mass is 19.1. The van der Waals surface area contributed by atoms with Gasteiger partial charge in [0.25, 0.3) is 0 Å². The van der Waals surface area contributed by atoms with E-state index in [1.54, 1.807) is 25.4 Å². The van der Waals surface area contributed by atoms with Crippen molar-refractivity contribution in [2.45, 2.75) is 18.9 Å². The smallest absolute Gasteiger partial charge is 0.219 e. The van der Waals surface area contributed by atoms with Crippen molar-refractivity contribution in [2.24, 2.45) is 12.0 Å². The zero-order valence-electron chi connectivity index (χ0n) is 17.1. The van der Waals surface area contributed by atoms with E-state index in [0.717, 1.165) is 31.0 Å². The van der Waals surface area contributed by atoms with Gasteiger partial charge in [0, 0.05) is 58.1 Å². The summed E-state index contributed by atoms with van der Waals surface area (Å²) in [4.78, 5) is 11.0. The van der Waals surface area contributed by atoms with Crippen LogP contribution in [0.2, 0.25) is 0 Å². The number of hydrogen-bond acceptors (Lipinski definition) is 4. The summed E-state index contributed by atoms with van der Waals surface area (Å²) >= 11 is 0. The van der Waals surface area contributed by atoms with E-state index in [-0.39, 0.29) is 5.82 Å². The summed E-state index contributed by atoms with van der Waals surface area (Å²) in [6.07, 6.45) is 6.82. The molecule has 0 amide bonds. The first-order chi connectivity index (χ1) is 14.6. The van der Waals surface area contributed by atoms with Crippen LogP contribution >= 0.6 is 0 Å². The SMILES string of the molecule is CN=C(NCc1ccnc(Oc2ccc(F)cc2)c1)N1CCC(c2cnn(C)c2)C1. The topological polar surface area (TPSA) is 67.6 Å². The molecule has 1 atom stereocenters. The Balaban J connectivity index is 1.34. The average Bonchev–Trinajstić information content (AvgIpc) is 3.40. The van der Waals surface area contributed by atoms with Crippen molar-refractivity contribution >= 4 is 5.96 Å². The van der Waals surface area contributed by atoms with Crippen molar-refractivity contribution in [1.82, 2.24) is 25.0 Å². The highest BCUT2D eigenvalue weighted by Crippen LogP contribution is 2.26. The Labute approximate surface area is 175 Å². The van der Waals surface area contributed by atoms with Crippen LogP contribution in [0.5, 0.6) is 11.6 Å². The summed E-state index contributed by atoms with van der Waals surface area (Å²) in [5.74, 6) is 2.05. The van der Waals surface area contributed by atoms with Crippen molar-refractivity contribution in [3.8, 4) is 11.6 Å². The maximum Gasteiger partial charge on any atom is 0.219 e. The lowest BCUT2D eigenvalue weighted by molar-refractivity contribution is 0.459. The molecule has 1 fully saturated rings. The molecule has 156 valence electrons. The molecule has 2 aromatic heterocycles. The predicted molar refractivity (Wildman–Crippen MR) is 113 cm³/mol. The number of nitrogens with one attached hydrogen (secondary N) is 1. The van der Waals surface area contributed by atoms with Gasteiger partial charge in [0.1, 0.15) is 11.6 Å². The van der Waals surface area contributed by atoms with E-state index in [4.69, 9.17) is 4.74 Å². The zero-order valence-corrected chi connectivity index (χ0v) is 17.1. The monoisotopic (exact) mass is 408 g/mol. The van der Waals surface area contributed by atoms with Crippen LogP contribution in [0.15, 0.2) is 60.0 Å². The normalized spacial score (nSPS) is 16.7.